The maximum Gasteiger partial charge on any atom is 0.178 e. The van der Waals surface area contributed by atoms with Crippen molar-refractivity contribution in [3.63, 3.8) is 0 Å². The Bertz CT molecular complexity index is 1100. The summed E-state index contributed by atoms with van der Waals surface area (Å²) < 4.78 is 24.9. The van der Waals surface area contributed by atoms with Gasteiger partial charge in [-0.1, -0.05) is 79.6 Å². The first kappa shape index (κ1) is 22.8. The van der Waals surface area contributed by atoms with E-state index in [1.165, 1.54) is 0 Å². The van der Waals surface area contributed by atoms with Crippen molar-refractivity contribution < 1.29 is 13.5 Å². The van der Waals surface area contributed by atoms with Crippen molar-refractivity contribution >= 4 is 27.7 Å². The van der Waals surface area contributed by atoms with Crippen molar-refractivity contribution in [1.82, 2.24) is 0 Å². The largest absolute Gasteiger partial charge is 0.398 e. The number of nitrogens with two attached hydrogens (primary N) is 1. The fraction of sp³-hybridized carbons (Fsp3) is 0.231. The third-order valence-corrected chi connectivity index (χ3v) is 7.03. The van der Waals surface area contributed by atoms with Gasteiger partial charge in [0.1, 0.15) is 0 Å². The maximum absolute atomic E-state index is 12.5. The van der Waals surface area contributed by atoms with Crippen LogP contribution in [-0.4, -0.2) is 25.9 Å². The van der Waals surface area contributed by atoms with E-state index in [-0.39, 0.29) is 12.4 Å². The summed E-state index contributed by atoms with van der Waals surface area (Å²) in [6, 6.07) is 22.9. The second-order valence-corrected chi connectivity index (χ2v) is 9.68. The number of nitrogen functional groups attached to an aromatic ring is 1. The molecule has 0 aliphatic carbocycles. The Morgan fingerprint density at radius 2 is 1.32 bits per heavy atom. The van der Waals surface area contributed by atoms with E-state index in [2.05, 4.69) is 0 Å². The number of para-hydroxylation sites is 1. The van der Waals surface area contributed by atoms with E-state index in [9.17, 15) is 8.42 Å². The van der Waals surface area contributed by atoms with Gasteiger partial charge in [-0.25, -0.2) is 8.42 Å². The minimum Gasteiger partial charge on any atom is -0.398 e. The lowest BCUT2D eigenvalue weighted by atomic mass is 10.0. The minimum absolute atomic E-state index is 0.145. The lowest BCUT2D eigenvalue weighted by Gasteiger charge is -2.06. The summed E-state index contributed by atoms with van der Waals surface area (Å²) in [5.74, 6) is 0.145. The topological polar surface area (TPSA) is 80.4 Å². The van der Waals surface area contributed by atoms with Crippen LogP contribution in [0.2, 0.25) is 0 Å². The molecule has 0 heterocycles. The quantitative estimate of drug-likeness (QED) is 0.253. The Balaban J connectivity index is 1.61. The lowest BCUT2D eigenvalue weighted by molar-refractivity contribution is 0.283. The highest BCUT2D eigenvalue weighted by Crippen LogP contribution is 2.26. The third-order valence-electron chi connectivity index (χ3n) is 5.21. The highest BCUT2D eigenvalue weighted by atomic mass is 32.2. The minimum atomic E-state index is -3.26. The van der Waals surface area contributed by atoms with Crippen LogP contribution in [0, 0.1) is 0 Å². The molecule has 162 valence electrons. The molecule has 0 unspecified atom stereocenters. The molecule has 3 N–H and O–H groups in total. The molecule has 0 bridgehead atoms. The van der Waals surface area contributed by atoms with Crippen molar-refractivity contribution in [1.29, 1.82) is 0 Å². The lowest BCUT2D eigenvalue weighted by Crippen LogP contribution is -2.06. The summed E-state index contributed by atoms with van der Waals surface area (Å²) >= 11 is 0. The first-order valence-corrected chi connectivity index (χ1v) is 12.2. The van der Waals surface area contributed by atoms with Crippen LogP contribution in [-0.2, 0) is 9.84 Å². The second kappa shape index (κ2) is 10.9. The average molecular weight is 436 g/mol. The molecule has 0 radical (unpaired) electrons. The fourth-order valence-electron chi connectivity index (χ4n) is 3.39. The molecule has 0 saturated heterocycles. The van der Waals surface area contributed by atoms with Gasteiger partial charge in [-0.05, 0) is 47.7 Å². The molecule has 0 amide bonds. The van der Waals surface area contributed by atoms with Crippen LogP contribution in [0.15, 0.2) is 77.7 Å². The number of unbranched alkanes of at least 4 members (excludes halogenated alkanes) is 3. The summed E-state index contributed by atoms with van der Waals surface area (Å²) in [5, 5.41) is 8.79. The smallest absolute Gasteiger partial charge is 0.178 e. The number of benzene rings is 3. The number of hydrogen-bond donors (Lipinski definition) is 2. The molecule has 0 aromatic heterocycles. The van der Waals surface area contributed by atoms with Gasteiger partial charge in [0.15, 0.2) is 9.84 Å². The standard InChI is InChI=1S/C26H29NO3S/c27-26-8-4-3-7-25(26)23-15-11-21(12-16-23)9-10-22-13-17-24(18-14-22)31(29,30)20-6-2-1-5-19-28/h3-4,7-18,28H,1-2,5-6,19-20,27H2/b10-9+. The number of sulfone groups is 1. The molecule has 0 aliphatic rings. The number of aliphatic hydroxyl groups is 1. The van der Waals surface area contributed by atoms with Crippen LogP contribution in [0.5, 0.6) is 0 Å². The molecular weight excluding hydrogens is 406 g/mol. The monoisotopic (exact) mass is 435 g/mol. The summed E-state index contributed by atoms with van der Waals surface area (Å²) in [5.41, 5.74) is 10.9. The zero-order valence-electron chi connectivity index (χ0n) is 17.6. The van der Waals surface area contributed by atoms with E-state index in [0.29, 0.717) is 11.3 Å². The first-order chi connectivity index (χ1) is 15.0. The van der Waals surface area contributed by atoms with E-state index < -0.39 is 9.84 Å². The van der Waals surface area contributed by atoms with E-state index in [1.54, 1.807) is 12.1 Å². The van der Waals surface area contributed by atoms with Crippen molar-refractivity contribution in [3.05, 3.63) is 83.9 Å². The Hall–Kier alpha value is -2.89. The van der Waals surface area contributed by atoms with Crippen molar-refractivity contribution in [3.8, 4) is 11.1 Å². The molecule has 0 atom stereocenters. The number of hydrogen-bond acceptors (Lipinski definition) is 4. The van der Waals surface area contributed by atoms with Gasteiger partial charge in [0.05, 0.1) is 10.6 Å². The van der Waals surface area contributed by atoms with E-state index in [4.69, 9.17) is 10.8 Å². The van der Waals surface area contributed by atoms with E-state index in [1.807, 2.05) is 72.8 Å². The third kappa shape index (κ3) is 6.54. The van der Waals surface area contributed by atoms with Crippen molar-refractivity contribution in [2.45, 2.75) is 30.6 Å². The molecule has 0 spiro atoms. The van der Waals surface area contributed by atoms with Crippen molar-refractivity contribution in [2.24, 2.45) is 0 Å². The predicted octanol–water partition coefficient (Wildman–Crippen LogP) is 5.43. The average Bonchev–Trinajstić information content (AvgIpc) is 2.78. The summed E-state index contributed by atoms with van der Waals surface area (Å²) in [6.07, 6.45) is 6.99. The first-order valence-electron chi connectivity index (χ1n) is 10.6. The molecule has 5 heteroatoms. The zero-order chi connectivity index (χ0) is 22.1. The van der Waals surface area contributed by atoms with Crippen LogP contribution >= 0.6 is 0 Å². The van der Waals surface area contributed by atoms with Gasteiger partial charge in [0.25, 0.3) is 0 Å². The van der Waals surface area contributed by atoms with Gasteiger partial charge in [0, 0.05) is 17.9 Å². The van der Waals surface area contributed by atoms with E-state index in [0.717, 1.165) is 47.2 Å². The highest BCUT2D eigenvalue weighted by molar-refractivity contribution is 7.91. The Morgan fingerprint density at radius 3 is 1.94 bits per heavy atom. The zero-order valence-corrected chi connectivity index (χ0v) is 18.4. The highest BCUT2D eigenvalue weighted by Gasteiger charge is 2.13. The molecule has 3 aromatic carbocycles. The number of aliphatic hydroxyl groups excluding tert-OH is 1. The van der Waals surface area contributed by atoms with Gasteiger partial charge < -0.3 is 10.8 Å². The molecule has 0 fully saturated rings. The molecule has 0 aliphatic heterocycles. The Morgan fingerprint density at radius 1 is 0.742 bits per heavy atom. The van der Waals surface area contributed by atoms with Gasteiger partial charge >= 0.3 is 0 Å². The van der Waals surface area contributed by atoms with Crippen LogP contribution in [0.3, 0.4) is 0 Å². The van der Waals surface area contributed by atoms with Crippen molar-refractivity contribution in [2.75, 3.05) is 18.1 Å². The van der Waals surface area contributed by atoms with Crippen LogP contribution in [0.4, 0.5) is 5.69 Å². The Kier molecular flexibility index (Phi) is 8.04. The Labute approximate surface area is 185 Å². The number of anilines is 1. The molecule has 4 nitrogen and oxygen atoms in total. The summed E-state index contributed by atoms with van der Waals surface area (Å²) in [7, 11) is -3.26. The van der Waals surface area contributed by atoms with Gasteiger partial charge in [-0.3, -0.25) is 0 Å². The van der Waals surface area contributed by atoms with Gasteiger partial charge in [-0.2, -0.15) is 0 Å². The molecular formula is C26H29NO3S. The number of rotatable bonds is 10. The predicted molar refractivity (Wildman–Crippen MR) is 129 cm³/mol. The summed E-state index contributed by atoms with van der Waals surface area (Å²) in [4.78, 5) is 0.358. The SMILES string of the molecule is Nc1ccccc1-c1ccc(/C=C/c2ccc(S(=O)(=O)CCCCCCO)cc2)cc1. The fourth-order valence-corrected chi connectivity index (χ4v) is 4.76. The maximum atomic E-state index is 12.5. The normalized spacial score (nSPS) is 11.8. The molecule has 31 heavy (non-hydrogen) atoms. The van der Waals surface area contributed by atoms with Gasteiger partial charge in [-0.15, -0.1) is 0 Å². The molecule has 3 rings (SSSR count). The van der Waals surface area contributed by atoms with E-state index >= 15 is 0 Å². The van der Waals surface area contributed by atoms with Crippen LogP contribution in [0.25, 0.3) is 23.3 Å². The van der Waals surface area contributed by atoms with Crippen LogP contribution in [0.1, 0.15) is 36.8 Å². The molecule has 3 aromatic rings. The molecule has 0 saturated carbocycles. The van der Waals surface area contributed by atoms with Crippen LogP contribution < -0.4 is 5.73 Å². The van der Waals surface area contributed by atoms with Gasteiger partial charge in [0.2, 0.25) is 0 Å². The second-order valence-electron chi connectivity index (χ2n) is 7.57. The summed E-state index contributed by atoms with van der Waals surface area (Å²) in [6.45, 7) is 0.160.